The van der Waals surface area contributed by atoms with Crippen LogP contribution in [0.4, 0.5) is 5.69 Å². The lowest BCUT2D eigenvalue weighted by molar-refractivity contribution is 0.208. The fourth-order valence-electron chi connectivity index (χ4n) is 0.928. The smallest absolute Gasteiger partial charge is 0.0991 e. The van der Waals surface area contributed by atoms with E-state index in [1.165, 1.54) is 0 Å². The number of hydrogen-bond donors (Lipinski definition) is 2. The summed E-state index contributed by atoms with van der Waals surface area (Å²) in [6.45, 7) is 2.24. The molecule has 0 bridgehead atoms. The third kappa shape index (κ3) is 3.14. The molecule has 0 aromatic heterocycles. The molecule has 0 aliphatic heterocycles. The molecule has 0 radical (unpaired) electrons. The molecule has 0 spiro atoms. The van der Waals surface area contributed by atoms with Crippen molar-refractivity contribution in [3.8, 4) is 6.07 Å². The molecule has 0 saturated heterocycles. The molecule has 13 heavy (non-hydrogen) atoms. The summed E-state index contributed by atoms with van der Waals surface area (Å²) in [5.41, 5.74) is 1.56. The van der Waals surface area contributed by atoms with Gasteiger partial charge in [0.25, 0.3) is 0 Å². The van der Waals surface area contributed by atoms with Gasteiger partial charge < -0.3 is 10.4 Å². The Labute approximate surface area is 77.6 Å². The molecule has 3 nitrogen and oxygen atoms in total. The molecule has 0 aliphatic carbocycles. The quantitative estimate of drug-likeness (QED) is 0.731. The van der Waals surface area contributed by atoms with E-state index in [2.05, 4.69) is 5.32 Å². The highest BCUT2D eigenvalue weighted by Gasteiger charge is 1.95. The van der Waals surface area contributed by atoms with Crippen molar-refractivity contribution in [2.45, 2.75) is 13.0 Å². The lowest BCUT2D eigenvalue weighted by Gasteiger charge is -2.07. The Bertz CT molecular complexity index is 298. The zero-order valence-electron chi connectivity index (χ0n) is 7.49. The maximum atomic E-state index is 9.00. The number of nitrogens with zero attached hydrogens (tertiary/aromatic N) is 1. The van der Waals surface area contributed by atoms with Crippen LogP contribution in [0.25, 0.3) is 0 Å². The molecular formula is C10H12N2O. The van der Waals surface area contributed by atoms with E-state index in [0.29, 0.717) is 12.1 Å². The number of nitrogens with one attached hydrogen (secondary N) is 1. The fourth-order valence-corrected chi connectivity index (χ4v) is 0.928. The summed E-state index contributed by atoms with van der Waals surface area (Å²) < 4.78 is 0. The fraction of sp³-hybridized carbons (Fsp3) is 0.300. The first kappa shape index (κ1) is 9.56. The van der Waals surface area contributed by atoms with Crippen LogP contribution in [0, 0.1) is 11.3 Å². The Morgan fingerprint density at radius 1 is 1.46 bits per heavy atom. The second kappa shape index (κ2) is 4.48. The SMILES string of the molecule is C[C@@H](O)CNc1ccc(C#N)cc1. The van der Waals surface area contributed by atoms with E-state index in [-0.39, 0.29) is 6.10 Å². The maximum Gasteiger partial charge on any atom is 0.0991 e. The average Bonchev–Trinajstić information content (AvgIpc) is 2.15. The molecule has 1 aromatic rings. The predicted molar refractivity (Wildman–Crippen MR) is 51.3 cm³/mol. The first-order valence-corrected chi connectivity index (χ1v) is 4.14. The average molecular weight is 176 g/mol. The molecule has 0 unspecified atom stereocenters. The summed E-state index contributed by atoms with van der Waals surface area (Å²) >= 11 is 0. The Morgan fingerprint density at radius 3 is 2.54 bits per heavy atom. The van der Waals surface area contributed by atoms with Crippen molar-refractivity contribution in [2.24, 2.45) is 0 Å². The number of rotatable bonds is 3. The van der Waals surface area contributed by atoms with E-state index in [1.807, 2.05) is 18.2 Å². The molecule has 0 amide bonds. The molecule has 2 N–H and O–H groups in total. The molecule has 0 heterocycles. The number of aliphatic hydroxyl groups is 1. The van der Waals surface area contributed by atoms with Crippen molar-refractivity contribution in [3.05, 3.63) is 29.8 Å². The van der Waals surface area contributed by atoms with Crippen LogP contribution in [0.1, 0.15) is 12.5 Å². The Balaban J connectivity index is 2.55. The largest absolute Gasteiger partial charge is 0.392 e. The molecule has 1 aromatic carbocycles. The van der Waals surface area contributed by atoms with Gasteiger partial charge in [-0.3, -0.25) is 0 Å². The topological polar surface area (TPSA) is 56.0 Å². The van der Waals surface area contributed by atoms with E-state index in [1.54, 1.807) is 19.1 Å². The van der Waals surface area contributed by atoms with Gasteiger partial charge in [0.05, 0.1) is 17.7 Å². The molecule has 68 valence electrons. The van der Waals surface area contributed by atoms with E-state index < -0.39 is 0 Å². The molecule has 1 rings (SSSR count). The highest BCUT2D eigenvalue weighted by atomic mass is 16.3. The van der Waals surface area contributed by atoms with Crippen molar-refractivity contribution in [1.29, 1.82) is 5.26 Å². The van der Waals surface area contributed by atoms with Crippen LogP contribution >= 0.6 is 0 Å². The van der Waals surface area contributed by atoms with Gasteiger partial charge in [0.15, 0.2) is 0 Å². The van der Waals surface area contributed by atoms with Crippen LogP contribution in [-0.2, 0) is 0 Å². The highest BCUT2D eigenvalue weighted by molar-refractivity contribution is 5.47. The number of aliphatic hydroxyl groups excluding tert-OH is 1. The zero-order chi connectivity index (χ0) is 9.68. The van der Waals surface area contributed by atoms with Gasteiger partial charge in [-0.2, -0.15) is 5.26 Å². The molecular weight excluding hydrogens is 164 g/mol. The number of anilines is 1. The molecule has 0 fully saturated rings. The van der Waals surface area contributed by atoms with Crippen molar-refractivity contribution < 1.29 is 5.11 Å². The van der Waals surface area contributed by atoms with Gasteiger partial charge in [-0.05, 0) is 31.2 Å². The van der Waals surface area contributed by atoms with Crippen LogP contribution in [0.15, 0.2) is 24.3 Å². The summed E-state index contributed by atoms with van der Waals surface area (Å²) in [6, 6.07) is 9.16. The summed E-state index contributed by atoms with van der Waals surface area (Å²) in [5.74, 6) is 0. The van der Waals surface area contributed by atoms with Crippen LogP contribution < -0.4 is 5.32 Å². The summed E-state index contributed by atoms with van der Waals surface area (Å²) in [7, 11) is 0. The van der Waals surface area contributed by atoms with Gasteiger partial charge in [0, 0.05) is 12.2 Å². The molecule has 3 heteroatoms. The molecule has 0 aliphatic rings. The van der Waals surface area contributed by atoms with Crippen molar-refractivity contribution in [2.75, 3.05) is 11.9 Å². The lowest BCUT2D eigenvalue weighted by atomic mass is 10.2. The standard InChI is InChI=1S/C10H12N2O/c1-8(13)7-12-10-4-2-9(6-11)3-5-10/h2-5,8,12-13H,7H2,1H3/t8-/m1/s1. The molecule has 1 atom stereocenters. The van der Waals surface area contributed by atoms with Crippen LogP contribution in [0.3, 0.4) is 0 Å². The zero-order valence-corrected chi connectivity index (χ0v) is 7.49. The predicted octanol–water partition coefficient (Wildman–Crippen LogP) is 1.35. The lowest BCUT2D eigenvalue weighted by Crippen LogP contribution is -2.15. The van der Waals surface area contributed by atoms with Crippen molar-refractivity contribution in [3.63, 3.8) is 0 Å². The first-order valence-electron chi connectivity index (χ1n) is 4.14. The second-order valence-electron chi connectivity index (χ2n) is 2.92. The van der Waals surface area contributed by atoms with Crippen LogP contribution in [0.2, 0.25) is 0 Å². The third-order valence-electron chi connectivity index (χ3n) is 1.62. The minimum absolute atomic E-state index is 0.365. The van der Waals surface area contributed by atoms with E-state index in [9.17, 15) is 0 Å². The van der Waals surface area contributed by atoms with Gasteiger partial charge >= 0.3 is 0 Å². The van der Waals surface area contributed by atoms with Crippen molar-refractivity contribution in [1.82, 2.24) is 0 Å². The normalized spacial score (nSPS) is 11.8. The minimum atomic E-state index is -0.365. The second-order valence-corrected chi connectivity index (χ2v) is 2.92. The van der Waals surface area contributed by atoms with Gasteiger partial charge in [-0.15, -0.1) is 0 Å². The summed E-state index contributed by atoms with van der Waals surface area (Å²) in [4.78, 5) is 0. The van der Waals surface area contributed by atoms with Crippen molar-refractivity contribution >= 4 is 5.69 Å². The van der Waals surface area contributed by atoms with Gasteiger partial charge in [0.2, 0.25) is 0 Å². The number of hydrogen-bond acceptors (Lipinski definition) is 3. The van der Waals surface area contributed by atoms with E-state index in [0.717, 1.165) is 5.69 Å². The number of nitriles is 1. The maximum absolute atomic E-state index is 9.00. The van der Waals surface area contributed by atoms with Gasteiger partial charge in [0.1, 0.15) is 0 Å². The highest BCUT2D eigenvalue weighted by Crippen LogP contribution is 2.08. The van der Waals surface area contributed by atoms with Gasteiger partial charge in [-0.25, -0.2) is 0 Å². The van der Waals surface area contributed by atoms with Crippen LogP contribution in [-0.4, -0.2) is 17.8 Å². The molecule has 0 saturated carbocycles. The monoisotopic (exact) mass is 176 g/mol. The summed E-state index contributed by atoms with van der Waals surface area (Å²) in [5, 5.41) is 20.6. The third-order valence-corrected chi connectivity index (χ3v) is 1.62. The Kier molecular flexibility index (Phi) is 3.30. The number of benzene rings is 1. The van der Waals surface area contributed by atoms with Gasteiger partial charge in [-0.1, -0.05) is 0 Å². The van der Waals surface area contributed by atoms with E-state index >= 15 is 0 Å². The van der Waals surface area contributed by atoms with E-state index in [4.69, 9.17) is 10.4 Å². The Morgan fingerprint density at radius 2 is 2.08 bits per heavy atom. The first-order chi connectivity index (χ1) is 6.22. The van der Waals surface area contributed by atoms with Crippen LogP contribution in [0.5, 0.6) is 0 Å². The Hall–Kier alpha value is -1.53. The minimum Gasteiger partial charge on any atom is -0.392 e. The summed E-state index contributed by atoms with van der Waals surface area (Å²) in [6.07, 6.45) is -0.365.